The number of hydrogen-bond acceptors (Lipinski definition) is 3. The zero-order chi connectivity index (χ0) is 14.5. The third-order valence-electron chi connectivity index (χ3n) is 3.80. The van der Waals surface area contributed by atoms with Gasteiger partial charge in [0, 0.05) is 17.0 Å². The Labute approximate surface area is 123 Å². The Morgan fingerprint density at radius 1 is 1.16 bits per heavy atom. The van der Waals surface area contributed by atoms with Gasteiger partial charge in [0.05, 0.1) is 18.8 Å². The molecule has 0 saturated carbocycles. The first kappa shape index (κ1) is 16.6. The molecule has 0 aliphatic rings. The number of methoxy groups -OCH3 is 1. The van der Waals surface area contributed by atoms with Crippen LogP contribution in [0.1, 0.15) is 32.3 Å². The van der Waals surface area contributed by atoms with Gasteiger partial charge in [-0.25, -0.2) is 0 Å². The lowest BCUT2D eigenvalue weighted by molar-refractivity contribution is 0.000221. The highest BCUT2D eigenvalue weighted by atomic mass is 79.9. The third kappa shape index (κ3) is 4.28. The molecule has 0 atom stereocenters. The van der Waals surface area contributed by atoms with Crippen molar-refractivity contribution >= 4 is 15.9 Å². The Hall–Kier alpha value is -0.420. The monoisotopic (exact) mass is 330 g/mol. The Morgan fingerprint density at radius 3 is 2.26 bits per heavy atom. The zero-order valence-corrected chi connectivity index (χ0v) is 13.4. The highest BCUT2D eigenvalue weighted by Gasteiger charge is 2.33. The zero-order valence-electron chi connectivity index (χ0n) is 11.8. The lowest BCUT2D eigenvalue weighted by Crippen LogP contribution is -2.37. The maximum Gasteiger partial charge on any atom is 0.0623 e. The summed E-state index contributed by atoms with van der Waals surface area (Å²) in [4.78, 5) is 0. The van der Waals surface area contributed by atoms with E-state index in [1.807, 2.05) is 38.1 Å². The van der Waals surface area contributed by atoms with E-state index in [0.29, 0.717) is 6.42 Å². The maximum absolute atomic E-state index is 9.77. The van der Waals surface area contributed by atoms with Gasteiger partial charge in [-0.2, -0.15) is 0 Å². The molecule has 0 aromatic heterocycles. The average molecular weight is 331 g/mol. The first-order valence-electron chi connectivity index (χ1n) is 6.42. The van der Waals surface area contributed by atoms with Crippen molar-refractivity contribution in [2.45, 2.75) is 37.7 Å². The molecule has 0 aliphatic heterocycles. The fourth-order valence-corrected chi connectivity index (χ4v) is 2.39. The minimum absolute atomic E-state index is 0.0836. The van der Waals surface area contributed by atoms with E-state index in [1.165, 1.54) is 0 Å². The molecule has 0 radical (unpaired) electrons. The van der Waals surface area contributed by atoms with Gasteiger partial charge >= 0.3 is 0 Å². The average Bonchev–Trinajstić information content (AvgIpc) is 2.41. The molecule has 0 heterocycles. The second-order valence-electron chi connectivity index (χ2n) is 5.57. The number of aliphatic hydroxyl groups excluding tert-OH is 2. The molecule has 0 amide bonds. The van der Waals surface area contributed by atoms with E-state index in [0.717, 1.165) is 16.5 Å². The number of benzene rings is 1. The van der Waals surface area contributed by atoms with Crippen LogP contribution in [0.5, 0.6) is 0 Å². The third-order valence-corrected chi connectivity index (χ3v) is 4.29. The topological polar surface area (TPSA) is 49.7 Å². The lowest BCUT2D eigenvalue weighted by atomic mass is 9.76. The number of hydrogen-bond donors (Lipinski definition) is 2. The predicted molar refractivity (Wildman–Crippen MR) is 80.3 cm³/mol. The minimum atomic E-state index is -0.625. The molecule has 0 aliphatic carbocycles. The summed E-state index contributed by atoms with van der Waals surface area (Å²) >= 11 is 3.43. The summed E-state index contributed by atoms with van der Waals surface area (Å²) in [6.07, 6.45) is 1.43. The summed E-state index contributed by atoms with van der Waals surface area (Å²) in [5.41, 5.74) is 0.0556. The van der Waals surface area contributed by atoms with Gasteiger partial charge in [-0.05, 0) is 44.4 Å². The van der Waals surface area contributed by atoms with Crippen molar-refractivity contribution in [1.29, 1.82) is 0 Å². The number of ether oxygens (including phenoxy) is 1. The molecule has 1 rings (SSSR count). The van der Waals surface area contributed by atoms with Gasteiger partial charge in [0.1, 0.15) is 0 Å². The molecule has 0 unspecified atom stereocenters. The van der Waals surface area contributed by atoms with Crippen molar-refractivity contribution in [2.75, 3.05) is 20.3 Å². The van der Waals surface area contributed by atoms with E-state index in [1.54, 1.807) is 7.11 Å². The molecule has 2 N–H and O–H groups in total. The van der Waals surface area contributed by atoms with Crippen LogP contribution in [0.2, 0.25) is 0 Å². The van der Waals surface area contributed by atoms with Crippen LogP contribution in [0.4, 0.5) is 0 Å². The lowest BCUT2D eigenvalue weighted by Gasteiger charge is -2.34. The first-order chi connectivity index (χ1) is 8.89. The van der Waals surface area contributed by atoms with Crippen LogP contribution in [0.3, 0.4) is 0 Å². The Kier molecular flexibility index (Phi) is 5.99. The minimum Gasteiger partial charge on any atom is -0.395 e. The van der Waals surface area contributed by atoms with Gasteiger partial charge in [0.2, 0.25) is 0 Å². The van der Waals surface area contributed by atoms with Gasteiger partial charge < -0.3 is 14.9 Å². The smallest absolute Gasteiger partial charge is 0.0623 e. The summed E-state index contributed by atoms with van der Waals surface area (Å²) in [5.74, 6) is 0. The molecule has 4 heteroatoms. The van der Waals surface area contributed by atoms with Crippen molar-refractivity contribution < 1.29 is 14.9 Å². The van der Waals surface area contributed by atoms with Crippen LogP contribution in [0.25, 0.3) is 0 Å². The molecule has 0 saturated heterocycles. The summed E-state index contributed by atoms with van der Waals surface area (Å²) in [6.45, 7) is 3.85. The van der Waals surface area contributed by atoms with Gasteiger partial charge in [0.15, 0.2) is 0 Å². The van der Waals surface area contributed by atoms with Crippen molar-refractivity contribution in [3.05, 3.63) is 34.3 Å². The summed E-state index contributed by atoms with van der Waals surface area (Å²) in [6, 6.07) is 7.74. The summed E-state index contributed by atoms with van der Waals surface area (Å²) in [5, 5.41) is 19.5. The van der Waals surface area contributed by atoms with E-state index < -0.39 is 5.41 Å². The molecule has 19 heavy (non-hydrogen) atoms. The van der Waals surface area contributed by atoms with Gasteiger partial charge in [-0.3, -0.25) is 0 Å². The normalized spacial score (nSPS) is 12.7. The molecule has 1 aromatic rings. The van der Waals surface area contributed by atoms with Crippen LogP contribution < -0.4 is 0 Å². The molecule has 3 nitrogen and oxygen atoms in total. The Morgan fingerprint density at radius 2 is 1.79 bits per heavy atom. The number of halogens is 1. The molecule has 108 valence electrons. The van der Waals surface area contributed by atoms with Crippen molar-refractivity contribution in [1.82, 2.24) is 0 Å². The number of aliphatic hydroxyl groups is 2. The standard InChI is InChI=1S/C15H23BrO3/c1-14(2,19-3)7-8-15(10-17,11-18)12-5-4-6-13(16)9-12/h4-6,9,17-18H,7-8,10-11H2,1-3H3. The first-order valence-corrected chi connectivity index (χ1v) is 7.21. The predicted octanol–water partition coefficient (Wildman–Crippen LogP) is 2.88. The molecule has 0 fully saturated rings. The summed E-state index contributed by atoms with van der Waals surface area (Å²) < 4.78 is 6.36. The fourth-order valence-electron chi connectivity index (χ4n) is 2.00. The van der Waals surface area contributed by atoms with Crippen molar-refractivity contribution in [2.24, 2.45) is 0 Å². The van der Waals surface area contributed by atoms with E-state index in [4.69, 9.17) is 4.74 Å². The fraction of sp³-hybridized carbons (Fsp3) is 0.600. The van der Waals surface area contributed by atoms with E-state index in [-0.39, 0.29) is 18.8 Å². The van der Waals surface area contributed by atoms with E-state index in [9.17, 15) is 10.2 Å². The van der Waals surface area contributed by atoms with Crippen molar-refractivity contribution in [3.63, 3.8) is 0 Å². The molecule has 0 bridgehead atoms. The van der Waals surface area contributed by atoms with Crippen LogP contribution >= 0.6 is 15.9 Å². The van der Waals surface area contributed by atoms with Gasteiger partial charge in [-0.15, -0.1) is 0 Å². The Bertz CT molecular complexity index is 400. The van der Waals surface area contributed by atoms with Gasteiger partial charge in [0.25, 0.3) is 0 Å². The van der Waals surface area contributed by atoms with Crippen LogP contribution in [-0.4, -0.2) is 36.1 Å². The molecular formula is C15H23BrO3. The molecular weight excluding hydrogens is 308 g/mol. The van der Waals surface area contributed by atoms with Crippen LogP contribution in [-0.2, 0) is 10.2 Å². The van der Waals surface area contributed by atoms with E-state index >= 15 is 0 Å². The summed E-state index contributed by atoms with van der Waals surface area (Å²) in [7, 11) is 1.68. The number of rotatable bonds is 7. The second-order valence-corrected chi connectivity index (χ2v) is 6.49. The van der Waals surface area contributed by atoms with E-state index in [2.05, 4.69) is 15.9 Å². The molecule has 1 aromatic carbocycles. The largest absolute Gasteiger partial charge is 0.395 e. The van der Waals surface area contributed by atoms with Crippen LogP contribution in [0.15, 0.2) is 28.7 Å². The highest BCUT2D eigenvalue weighted by Crippen LogP contribution is 2.33. The van der Waals surface area contributed by atoms with Crippen molar-refractivity contribution in [3.8, 4) is 0 Å². The van der Waals surface area contributed by atoms with Gasteiger partial charge in [-0.1, -0.05) is 28.1 Å². The quantitative estimate of drug-likeness (QED) is 0.808. The second kappa shape index (κ2) is 6.84. The maximum atomic E-state index is 9.77. The molecule has 0 spiro atoms. The Balaban J connectivity index is 2.97. The SMILES string of the molecule is COC(C)(C)CCC(CO)(CO)c1cccc(Br)c1. The highest BCUT2D eigenvalue weighted by molar-refractivity contribution is 9.10. The van der Waals surface area contributed by atoms with Crippen LogP contribution in [0, 0.1) is 0 Å².